The molecule has 0 unspecified atom stereocenters. The topological polar surface area (TPSA) is 140 Å². The van der Waals surface area contributed by atoms with Crippen molar-refractivity contribution in [2.45, 2.75) is 49.2 Å². The van der Waals surface area contributed by atoms with Crippen LogP contribution >= 0.6 is 0 Å². The van der Waals surface area contributed by atoms with E-state index in [9.17, 15) is 26.0 Å². The fraction of sp³-hybridized carbons (Fsp3) is 0.579. The number of anilines is 1. The third-order valence-corrected chi connectivity index (χ3v) is 7.48. The SMILES string of the molecule is C[C@H]1CN(c2cc(S(=O)(=O)NC3(C(F)F)COC3)cn3c(-c4nnc(C(F)F)o4)nnc23)C[C@H](C)N1. The third-order valence-electron chi connectivity index (χ3n) is 5.96. The van der Waals surface area contributed by atoms with Gasteiger partial charge in [-0.05, 0) is 19.9 Å². The lowest BCUT2D eigenvalue weighted by molar-refractivity contribution is -0.134. The maximum atomic E-state index is 13.7. The van der Waals surface area contributed by atoms with Crippen LogP contribution in [-0.4, -0.2) is 83.6 Å². The van der Waals surface area contributed by atoms with E-state index in [-0.39, 0.29) is 28.5 Å². The Morgan fingerprint density at radius 1 is 1.11 bits per heavy atom. The van der Waals surface area contributed by atoms with Gasteiger partial charge in [-0.2, -0.15) is 13.5 Å². The number of alkyl halides is 4. The summed E-state index contributed by atoms with van der Waals surface area (Å²) >= 11 is 0. The van der Waals surface area contributed by atoms with Crippen molar-refractivity contribution in [3.8, 4) is 11.7 Å². The second-order valence-electron chi connectivity index (χ2n) is 8.95. The lowest BCUT2D eigenvalue weighted by Crippen LogP contribution is -2.66. The molecule has 196 valence electrons. The molecule has 5 heterocycles. The Morgan fingerprint density at radius 2 is 1.81 bits per heavy atom. The Hall–Kier alpha value is -2.89. The van der Waals surface area contributed by atoms with Crippen molar-refractivity contribution in [3.05, 3.63) is 18.2 Å². The predicted octanol–water partition coefficient (Wildman–Crippen LogP) is 1.22. The molecule has 3 aromatic rings. The number of piperazine rings is 1. The van der Waals surface area contributed by atoms with Gasteiger partial charge >= 0.3 is 6.43 Å². The number of pyridine rings is 1. The highest BCUT2D eigenvalue weighted by molar-refractivity contribution is 7.89. The molecule has 0 aromatic carbocycles. The first-order valence-corrected chi connectivity index (χ1v) is 12.4. The molecule has 17 heteroatoms. The van der Waals surface area contributed by atoms with E-state index in [0.717, 1.165) is 6.20 Å². The van der Waals surface area contributed by atoms with Crippen LogP contribution in [0.25, 0.3) is 17.4 Å². The summed E-state index contributed by atoms with van der Waals surface area (Å²) in [6.07, 6.45) is -4.94. The Morgan fingerprint density at radius 3 is 2.36 bits per heavy atom. The molecule has 2 atom stereocenters. The zero-order chi connectivity index (χ0) is 25.8. The molecular formula is C19H22F4N8O4S. The van der Waals surface area contributed by atoms with Gasteiger partial charge in [0, 0.05) is 31.4 Å². The van der Waals surface area contributed by atoms with Gasteiger partial charge in [0.2, 0.25) is 15.8 Å². The lowest BCUT2D eigenvalue weighted by Gasteiger charge is -2.40. The predicted molar refractivity (Wildman–Crippen MR) is 115 cm³/mol. The second-order valence-corrected chi connectivity index (χ2v) is 10.6. The molecule has 5 rings (SSSR count). The summed E-state index contributed by atoms with van der Waals surface area (Å²) in [7, 11) is -4.50. The molecule has 2 fully saturated rings. The molecule has 0 radical (unpaired) electrons. The number of nitrogens with one attached hydrogen (secondary N) is 2. The number of fused-ring (bicyclic) bond motifs is 1. The van der Waals surface area contributed by atoms with E-state index in [0.29, 0.717) is 18.8 Å². The van der Waals surface area contributed by atoms with Crippen molar-refractivity contribution in [3.63, 3.8) is 0 Å². The zero-order valence-electron chi connectivity index (χ0n) is 19.0. The van der Waals surface area contributed by atoms with Crippen molar-refractivity contribution in [1.82, 2.24) is 34.8 Å². The maximum Gasteiger partial charge on any atom is 0.314 e. The normalized spacial score (nSPS) is 22.5. The summed E-state index contributed by atoms with van der Waals surface area (Å²) in [4.78, 5) is 1.51. The number of hydrogen-bond donors (Lipinski definition) is 2. The highest BCUT2D eigenvalue weighted by atomic mass is 32.2. The van der Waals surface area contributed by atoms with Crippen LogP contribution in [0.15, 0.2) is 21.6 Å². The van der Waals surface area contributed by atoms with Gasteiger partial charge in [-0.15, -0.1) is 20.4 Å². The number of rotatable bonds is 7. The smallest absolute Gasteiger partial charge is 0.314 e. The summed E-state index contributed by atoms with van der Waals surface area (Å²) in [5, 5.41) is 18.3. The number of halogens is 4. The molecule has 36 heavy (non-hydrogen) atoms. The molecule has 0 aliphatic carbocycles. The molecule has 3 aromatic heterocycles. The van der Waals surface area contributed by atoms with Gasteiger partial charge in [-0.25, -0.2) is 17.2 Å². The Balaban J connectivity index is 1.65. The number of aromatic nitrogens is 5. The van der Waals surface area contributed by atoms with Gasteiger partial charge in [0.1, 0.15) is 10.4 Å². The molecule has 2 aliphatic heterocycles. The summed E-state index contributed by atoms with van der Waals surface area (Å²) in [6, 6.07) is 1.39. The molecule has 2 aliphatic rings. The van der Waals surface area contributed by atoms with Crippen molar-refractivity contribution in [2.24, 2.45) is 0 Å². The van der Waals surface area contributed by atoms with Crippen LogP contribution in [0.3, 0.4) is 0 Å². The highest BCUT2D eigenvalue weighted by Gasteiger charge is 2.50. The molecular weight excluding hydrogens is 512 g/mol. The van der Waals surface area contributed by atoms with E-state index in [1.54, 1.807) is 0 Å². The maximum absolute atomic E-state index is 13.7. The second kappa shape index (κ2) is 8.89. The minimum absolute atomic E-state index is 0.0355. The van der Waals surface area contributed by atoms with E-state index >= 15 is 0 Å². The first-order valence-electron chi connectivity index (χ1n) is 10.9. The summed E-state index contributed by atoms with van der Waals surface area (Å²) < 4.78 is 92.9. The first-order chi connectivity index (χ1) is 17.0. The van der Waals surface area contributed by atoms with Gasteiger partial charge in [-0.3, -0.25) is 4.40 Å². The van der Waals surface area contributed by atoms with Gasteiger partial charge in [-0.1, -0.05) is 0 Å². The van der Waals surface area contributed by atoms with Crippen LogP contribution in [-0.2, 0) is 14.8 Å². The average Bonchev–Trinajstić information content (AvgIpc) is 3.41. The van der Waals surface area contributed by atoms with Crippen molar-refractivity contribution < 1.29 is 35.1 Å². The van der Waals surface area contributed by atoms with Crippen LogP contribution < -0.4 is 14.9 Å². The van der Waals surface area contributed by atoms with E-state index < -0.39 is 53.4 Å². The van der Waals surface area contributed by atoms with Crippen LogP contribution in [0, 0.1) is 0 Å². The molecule has 2 saturated heterocycles. The van der Waals surface area contributed by atoms with Crippen LogP contribution in [0.2, 0.25) is 0 Å². The quantitative estimate of drug-likeness (QED) is 0.425. The summed E-state index contributed by atoms with van der Waals surface area (Å²) in [5.41, 5.74) is -1.51. The van der Waals surface area contributed by atoms with Crippen LogP contribution in [0.5, 0.6) is 0 Å². The zero-order valence-corrected chi connectivity index (χ0v) is 19.8. The van der Waals surface area contributed by atoms with Gasteiger partial charge < -0.3 is 19.4 Å². The molecule has 0 bridgehead atoms. The van der Waals surface area contributed by atoms with Crippen LogP contribution in [0.4, 0.5) is 23.2 Å². The fourth-order valence-corrected chi connectivity index (χ4v) is 5.66. The Bertz CT molecular complexity index is 1370. The Labute approximate surface area is 202 Å². The van der Waals surface area contributed by atoms with Gasteiger partial charge in [0.25, 0.3) is 18.2 Å². The minimum Gasteiger partial charge on any atom is -0.412 e. The Kier molecular flexibility index (Phi) is 6.12. The number of sulfonamides is 1. The van der Waals surface area contributed by atoms with E-state index in [4.69, 9.17) is 9.15 Å². The van der Waals surface area contributed by atoms with E-state index in [1.807, 2.05) is 18.7 Å². The average molecular weight is 534 g/mol. The number of ether oxygens (including phenoxy) is 1. The molecule has 0 amide bonds. The van der Waals surface area contributed by atoms with E-state index in [1.165, 1.54) is 10.5 Å². The molecule has 0 saturated carbocycles. The number of hydrogen-bond acceptors (Lipinski definition) is 10. The lowest BCUT2D eigenvalue weighted by atomic mass is 10.0. The fourth-order valence-electron chi connectivity index (χ4n) is 4.29. The van der Waals surface area contributed by atoms with Crippen LogP contribution in [0.1, 0.15) is 26.2 Å². The number of nitrogens with zero attached hydrogens (tertiary/aromatic N) is 6. The third kappa shape index (κ3) is 4.29. The van der Waals surface area contributed by atoms with Crippen molar-refractivity contribution >= 4 is 21.4 Å². The monoisotopic (exact) mass is 534 g/mol. The summed E-state index contributed by atoms with van der Waals surface area (Å²) in [6.45, 7) is 3.88. The van der Waals surface area contributed by atoms with Gasteiger partial charge in [0.05, 0.1) is 18.9 Å². The van der Waals surface area contributed by atoms with E-state index in [2.05, 4.69) is 30.4 Å². The van der Waals surface area contributed by atoms with Gasteiger partial charge in [0.15, 0.2) is 5.65 Å². The molecule has 12 nitrogen and oxygen atoms in total. The first kappa shape index (κ1) is 24.8. The molecule has 0 spiro atoms. The minimum atomic E-state index is -4.50. The van der Waals surface area contributed by atoms with Crippen molar-refractivity contribution in [1.29, 1.82) is 0 Å². The largest absolute Gasteiger partial charge is 0.412 e. The van der Waals surface area contributed by atoms with Crippen molar-refractivity contribution in [2.75, 3.05) is 31.2 Å². The highest BCUT2D eigenvalue weighted by Crippen LogP contribution is 2.32. The summed E-state index contributed by atoms with van der Waals surface area (Å²) in [5.74, 6) is -1.54. The molecule has 2 N–H and O–H groups in total. The standard InChI is InChI=1S/C19H22F4N8O4S/c1-9-4-30(5-10(2)24-9)12-3-11(36(32,33)29-19(18(22)23)7-34-8-19)6-31-14(12)25-26-15(31)17-28-27-16(35-17)13(20)21/h3,6,9-10,13,18,24,29H,4-5,7-8H2,1-2H3/t9-,10-/m0/s1.